The summed E-state index contributed by atoms with van der Waals surface area (Å²) in [4.78, 5) is 22.0. The number of amides is 1. The molecule has 2 atom stereocenters. The third kappa shape index (κ3) is 3.18. The fraction of sp³-hybridized carbons (Fsp3) is 0.409. The van der Waals surface area contributed by atoms with Gasteiger partial charge in [0.1, 0.15) is 0 Å². The SMILES string of the molecule is Cc1ccc([C@@H]2CN(C(=O)c3cc(C)nc4onc(C)c34)C[C@H]2N(C)C)cc1. The van der Waals surface area contributed by atoms with Gasteiger partial charge in [0.2, 0.25) is 0 Å². The van der Waals surface area contributed by atoms with Crippen molar-refractivity contribution in [1.29, 1.82) is 0 Å². The van der Waals surface area contributed by atoms with E-state index < -0.39 is 0 Å². The van der Waals surface area contributed by atoms with Crippen LogP contribution in [-0.4, -0.2) is 59.1 Å². The number of pyridine rings is 1. The van der Waals surface area contributed by atoms with Gasteiger partial charge in [-0.1, -0.05) is 35.0 Å². The third-order valence-corrected chi connectivity index (χ3v) is 5.72. The minimum atomic E-state index is 0.0169. The second kappa shape index (κ2) is 7.02. The smallest absolute Gasteiger partial charge is 0.258 e. The molecular formula is C22H26N4O2. The van der Waals surface area contributed by atoms with Crippen molar-refractivity contribution in [3.05, 3.63) is 58.4 Å². The Morgan fingerprint density at radius 3 is 2.54 bits per heavy atom. The molecule has 146 valence electrons. The third-order valence-electron chi connectivity index (χ3n) is 5.72. The van der Waals surface area contributed by atoms with Crippen molar-refractivity contribution in [3.63, 3.8) is 0 Å². The van der Waals surface area contributed by atoms with Crippen LogP contribution in [0.2, 0.25) is 0 Å². The highest BCUT2D eigenvalue weighted by molar-refractivity contribution is 6.06. The molecule has 6 nitrogen and oxygen atoms in total. The molecule has 1 aromatic carbocycles. The molecular weight excluding hydrogens is 352 g/mol. The number of nitrogens with zero attached hydrogens (tertiary/aromatic N) is 4. The number of fused-ring (bicyclic) bond motifs is 1. The summed E-state index contributed by atoms with van der Waals surface area (Å²) in [5.74, 6) is 0.296. The number of likely N-dealkylation sites (N-methyl/N-ethyl adjacent to an activating group) is 1. The molecule has 4 rings (SSSR count). The van der Waals surface area contributed by atoms with Gasteiger partial charge in [-0.2, -0.15) is 0 Å². The van der Waals surface area contributed by atoms with E-state index in [1.165, 1.54) is 11.1 Å². The summed E-state index contributed by atoms with van der Waals surface area (Å²) in [6.07, 6.45) is 0. The Hall–Kier alpha value is -2.73. The first-order valence-corrected chi connectivity index (χ1v) is 9.61. The number of aromatic nitrogens is 2. The van der Waals surface area contributed by atoms with E-state index in [1.54, 1.807) is 0 Å². The van der Waals surface area contributed by atoms with Gasteiger partial charge in [-0.25, -0.2) is 4.98 Å². The van der Waals surface area contributed by atoms with Crippen LogP contribution >= 0.6 is 0 Å². The van der Waals surface area contributed by atoms with Crippen molar-refractivity contribution in [2.24, 2.45) is 0 Å². The van der Waals surface area contributed by atoms with Crippen LogP contribution in [-0.2, 0) is 0 Å². The second-order valence-corrected chi connectivity index (χ2v) is 8.02. The van der Waals surface area contributed by atoms with Crippen molar-refractivity contribution in [1.82, 2.24) is 19.9 Å². The van der Waals surface area contributed by atoms with Crippen LogP contribution in [0.3, 0.4) is 0 Å². The molecule has 3 aromatic rings. The molecule has 0 spiro atoms. The minimum absolute atomic E-state index is 0.0169. The number of rotatable bonds is 3. The summed E-state index contributed by atoms with van der Waals surface area (Å²) < 4.78 is 5.30. The van der Waals surface area contributed by atoms with Gasteiger partial charge in [-0.3, -0.25) is 4.79 Å². The molecule has 2 aromatic heterocycles. The molecule has 0 aliphatic carbocycles. The van der Waals surface area contributed by atoms with Gasteiger partial charge in [0.15, 0.2) is 0 Å². The van der Waals surface area contributed by atoms with E-state index in [-0.39, 0.29) is 17.9 Å². The van der Waals surface area contributed by atoms with Crippen LogP contribution in [0.5, 0.6) is 0 Å². The van der Waals surface area contributed by atoms with Gasteiger partial charge in [0.25, 0.3) is 11.6 Å². The summed E-state index contributed by atoms with van der Waals surface area (Å²) in [5, 5.41) is 4.72. The van der Waals surface area contributed by atoms with Crippen molar-refractivity contribution in [2.45, 2.75) is 32.7 Å². The quantitative estimate of drug-likeness (QED) is 0.700. The van der Waals surface area contributed by atoms with Gasteiger partial charge in [-0.05, 0) is 46.5 Å². The first kappa shape index (κ1) is 18.6. The van der Waals surface area contributed by atoms with Gasteiger partial charge >= 0.3 is 0 Å². The highest BCUT2D eigenvalue weighted by Gasteiger charge is 2.38. The predicted octanol–water partition coefficient (Wildman–Crippen LogP) is 3.32. The van der Waals surface area contributed by atoms with Crippen LogP contribution < -0.4 is 0 Å². The molecule has 1 saturated heterocycles. The number of carbonyl (C=O) groups excluding carboxylic acids is 1. The van der Waals surface area contributed by atoms with Gasteiger partial charge < -0.3 is 14.3 Å². The highest BCUT2D eigenvalue weighted by atomic mass is 16.5. The lowest BCUT2D eigenvalue weighted by atomic mass is 9.93. The normalized spacial score (nSPS) is 19.7. The molecule has 1 aliphatic rings. The van der Waals surface area contributed by atoms with Gasteiger partial charge in [0.05, 0.1) is 16.6 Å². The summed E-state index contributed by atoms with van der Waals surface area (Å²) in [5.41, 5.74) is 5.03. The largest absolute Gasteiger partial charge is 0.336 e. The molecule has 1 aliphatic heterocycles. The number of likely N-dealkylation sites (tertiary alicyclic amines) is 1. The Balaban J connectivity index is 1.69. The zero-order valence-electron chi connectivity index (χ0n) is 17.1. The molecule has 1 amide bonds. The fourth-order valence-corrected chi connectivity index (χ4v) is 4.17. The van der Waals surface area contributed by atoms with Crippen LogP contribution in [0.1, 0.15) is 38.8 Å². The van der Waals surface area contributed by atoms with E-state index in [9.17, 15) is 4.79 Å². The van der Waals surface area contributed by atoms with E-state index in [0.717, 1.165) is 11.1 Å². The average molecular weight is 378 g/mol. The lowest BCUT2D eigenvalue weighted by molar-refractivity contribution is 0.0784. The Kier molecular flexibility index (Phi) is 4.67. The molecule has 28 heavy (non-hydrogen) atoms. The summed E-state index contributed by atoms with van der Waals surface area (Å²) in [7, 11) is 4.16. The van der Waals surface area contributed by atoms with E-state index in [2.05, 4.69) is 60.3 Å². The predicted molar refractivity (Wildman–Crippen MR) is 109 cm³/mol. The monoisotopic (exact) mass is 378 g/mol. The second-order valence-electron chi connectivity index (χ2n) is 8.02. The molecule has 0 N–H and O–H groups in total. The van der Waals surface area contributed by atoms with E-state index >= 15 is 0 Å². The van der Waals surface area contributed by atoms with Crippen LogP contribution in [0.25, 0.3) is 11.1 Å². The first-order chi connectivity index (χ1) is 13.3. The topological polar surface area (TPSA) is 62.5 Å². The Labute approximate surface area is 165 Å². The van der Waals surface area contributed by atoms with E-state index in [1.807, 2.05) is 24.8 Å². The van der Waals surface area contributed by atoms with Crippen LogP contribution in [0.4, 0.5) is 0 Å². The van der Waals surface area contributed by atoms with E-state index in [4.69, 9.17) is 4.52 Å². The Bertz CT molecular complexity index is 1020. The zero-order chi connectivity index (χ0) is 20.0. The molecule has 1 fully saturated rings. The Morgan fingerprint density at radius 2 is 1.86 bits per heavy atom. The van der Waals surface area contributed by atoms with Crippen molar-refractivity contribution in [2.75, 3.05) is 27.2 Å². The van der Waals surface area contributed by atoms with Crippen molar-refractivity contribution >= 4 is 17.0 Å². The molecule has 0 unspecified atom stereocenters. The standard InChI is InChI=1S/C22H26N4O2/c1-13-6-8-16(9-7-13)18-11-26(12-19(18)25(4)5)22(27)17-10-14(2)23-21-20(17)15(3)24-28-21/h6-10,18-19H,11-12H2,1-5H3/t18-,19+/m0/s1. The van der Waals surface area contributed by atoms with Gasteiger partial charge in [-0.15, -0.1) is 0 Å². The first-order valence-electron chi connectivity index (χ1n) is 9.61. The van der Waals surface area contributed by atoms with Gasteiger partial charge in [0, 0.05) is 30.7 Å². The Morgan fingerprint density at radius 1 is 1.14 bits per heavy atom. The molecule has 6 heteroatoms. The number of benzene rings is 1. The van der Waals surface area contributed by atoms with Crippen LogP contribution in [0.15, 0.2) is 34.9 Å². The lowest BCUT2D eigenvalue weighted by Gasteiger charge is -2.25. The molecule has 3 heterocycles. The highest BCUT2D eigenvalue weighted by Crippen LogP contribution is 2.32. The number of hydrogen-bond donors (Lipinski definition) is 0. The lowest BCUT2D eigenvalue weighted by Crippen LogP contribution is -2.36. The maximum atomic E-state index is 13.5. The molecule has 0 saturated carbocycles. The van der Waals surface area contributed by atoms with Crippen molar-refractivity contribution in [3.8, 4) is 0 Å². The fourth-order valence-electron chi connectivity index (χ4n) is 4.17. The number of carbonyl (C=O) groups is 1. The van der Waals surface area contributed by atoms with E-state index in [0.29, 0.717) is 30.1 Å². The number of hydrogen-bond acceptors (Lipinski definition) is 5. The number of aryl methyl sites for hydroxylation is 3. The summed E-state index contributed by atoms with van der Waals surface area (Å²) in [6.45, 7) is 7.20. The minimum Gasteiger partial charge on any atom is -0.336 e. The zero-order valence-corrected chi connectivity index (χ0v) is 17.1. The molecule has 0 bridgehead atoms. The molecule has 0 radical (unpaired) electrons. The maximum absolute atomic E-state index is 13.5. The maximum Gasteiger partial charge on any atom is 0.258 e. The average Bonchev–Trinajstić information content (AvgIpc) is 3.26. The van der Waals surface area contributed by atoms with Crippen molar-refractivity contribution < 1.29 is 9.32 Å². The summed E-state index contributed by atoms with van der Waals surface area (Å²) in [6, 6.07) is 10.8. The summed E-state index contributed by atoms with van der Waals surface area (Å²) >= 11 is 0. The van der Waals surface area contributed by atoms with Crippen LogP contribution in [0, 0.1) is 20.8 Å².